The van der Waals surface area contributed by atoms with Gasteiger partial charge in [-0.05, 0) is 43.9 Å². The van der Waals surface area contributed by atoms with Gasteiger partial charge in [-0.15, -0.1) is 0 Å². The van der Waals surface area contributed by atoms with Crippen molar-refractivity contribution in [2.24, 2.45) is 5.92 Å². The molecule has 5 heteroatoms. The Labute approximate surface area is 111 Å². The molecule has 3 nitrogen and oxygen atoms in total. The first-order chi connectivity index (χ1) is 8.81. The summed E-state index contributed by atoms with van der Waals surface area (Å²) in [5.41, 5.74) is -0.135. The summed E-state index contributed by atoms with van der Waals surface area (Å²) in [7, 11) is 0. The number of carbonyl (C=O) groups is 1. The second kappa shape index (κ2) is 6.61. The maximum absolute atomic E-state index is 13.5. The van der Waals surface area contributed by atoms with Crippen LogP contribution in [0.25, 0.3) is 0 Å². The molecule has 19 heavy (non-hydrogen) atoms. The molecule has 1 rings (SSSR count). The van der Waals surface area contributed by atoms with Crippen LogP contribution in [0.15, 0.2) is 12.1 Å². The number of amides is 1. The first-order valence-electron chi connectivity index (χ1n) is 6.23. The number of rotatable bonds is 5. The number of aliphatic hydroxyl groups excluding tert-OH is 1. The van der Waals surface area contributed by atoms with Gasteiger partial charge < -0.3 is 10.4 Å². The van der Waals surface area contributed by atoms with E-state index in [9.17, 15) is 18.7 Å². The van der Waals surface area contributed by atoms with Gasteiger partial charge >= 0.3 is 0 Å². The van der Waals surface area contributed by atoms with Crippen molar-refractivity contribution >= 4 is 5.91 Å². The second-order valence-corrected chi connectivity index (χ2v) is 4.98. The van der Waals surface area contributed by atoms with Gasteiger partial charge in [-0.2, -0.15) is 0 Å². The Morgan fingerprint density at radius 2 is 1.95 bits per heavy atom. The highest BCUT2D eigenvalue weighted by molar-refractivity contribution is 5.94. The van der Waals surface area contributed by atoms with Crippen molar-refractivity contribution < 1.29 is 18.7 Å². The van der Waals surface area contributed by atoms with Gasteiger partial charge in [0.1, 0.15) is 11.6 Å². The van der Waals surface area contributed by atoms with Crippen LogP contribution in [0.5, 0.6) is 0 Å². The molecule has 106 valence electrons. The monoisotopic (exact) mass is 271 g/mol. The average Bonchev–Trinajstić information content (AvgIpc) is 2.30. The fraction of sp³-hybridized carbons (Fsp3) is 0.500. The summed E-state index contributed by atoms with van der Waals surface area (Å²) < 4.78 is 26.9. The quantitative estimate of drug-likeness (QED) is 0.864. The standard InChI is InChI=1S/C14H19F2NO2/c1-8(4-10(3)18)7-17-14(19)11-6-12(15)9(2)5-13(11)16/h5-6,8,10,18H,4,7H2,1-3H3,(H,17,19). The van der Waals surface area contributed by atoms with E-state index in [2.05, 4.69) is 5.32 Å². The van der Waals surface area contributed by atoms with Crippen LogP contribution < -0.4 is 5.32 Å². The zero-order valence-electron chi connectivity index (χ0n) is 11.3. The lowest BCUT2D eigenvalue weighted by atomic mass is 10.0. The minimum absolute atomic E-state index is 0.0577. The van der Waals surface area contributed by atoms with Crippen LogP contribution in [0.1, 0.15) is 36.2 Å². The highest BCUT2D eigenvalue weighted by Crippen LogP contribution is 2.14. The maximum atomic E-state index is 13.5. The molecule has 2 atom stereocenters. The predicted molar refractivity (Wildman–Crippen MR) is 68.9 cm³/mol. The van der Waals surface area contributed by atoms with Crippen LogP contribution in [-0.2, 0) is 0 Å². The van der Waals surface area contributed by atoms with Crippen molar-refractivity contribution in [2.45, 2.75) is 33.3 Å². The Balaban J connectivity index is 2.66. The summed E-state index contributed by atoms with van der Waals surface area (Å²) >= 11 is 0. The van der Waals surface area contributed by atoms with E-state index in [4.69, 9.17) is 0 Å². The molecule has 1 aromatic carbocycles. The van der Waals surface area contributed by atoms with Crippen LogP contribution in [0.4, 0.5) is 8.78 Å². The summed E-state index contributed by atoms with van der Waals surface area (Å²) in [6.45, 7) is 5.26. The van der Waals surface area contributed by atoms with E-state index >= 15 is 0 Å². The molecule has 2 N–H and O–H groups in total. The zero-order valence-corrected chi connectivity index (χ0v) is 11.3. The first kappa shape index (κ1) is 15.6. The lowest BCUT2D eigenvalue weighted by Gasteiger charge is -2.14. The molecule has 0 spiro atoms. The molecule has 0 bridgehead atoms. The summed E-state index contributed by atoms with van der Waals surface area (Å²) in [6.07, 6.45) is 0.0748. The number of aliphatic hydroxyl groups is 1. The van der Waals surface area contributed by atoms with E-state index in [1.54, 1.807) is 6.92 Å². The van der Waals surface area contributed by atoms with E-state index in [1.165, 1.54) is 6.92 Å². The molecule has 0 aliphatic rings. The second-order valence-electron chi connectivity index (χ2n) is 4.98. The first-order valence-corrected chi connectivity index (χ1v) is 6.23. The Morgan fingerprint density at radius 1 is 1.32 bits per heavy atom. The summed E-state index contributed by atoms with van der Waals surface area (Å²) in [4.78, 5) is 11.7. The Kier molecular flexibility index (Phi) is 5.42. The molecule has 0 aliphatic heterocycles. The molecule has 1 amide bonds. The molecule has 0 heterocycles. The number of hydrogen-bond acceptors (Lipinski definition) is 2. The lowest BCUT2D eigenvalue weighted by molar-refractivity contribution is 0.0935. The molecule has 0 radical (unpaired) electrons. The maximum Gasteiger partial charge on any atom is 0.254 e. The minimum atomic E-state index is -0.737. The van der Waals surface area contributed by atoms with Gasteiger partial charge in [0, 0.05) is 6.54 Å². The molecule has 0 aromatic heterocycles. The van der Waals surface area contributed by atoms with Gasteiger partial charge in [0.2, 0.25) is 0 Å². The molecule has 0 fully saturated rings. The fourth-order valence-electron chi connectivity index (χ4n) is 1.85. The van der Waals surface area contributed by atoms with Crippen molar-refractivity contribution in [3.05, 3.63) is 34.9 Å². The fourth-order valence-corrected chi connectivity index (χ4v) is 1.85. The summed E-state index contributed by atoms with van der Waals surface area (Å²) in [6, 6.07) is 1.91. The van der Waals surface area contributed by atoms with Crippen molar-refractivity contribution in [3.8, 4) is 0 Å². The van der Waals surface area contributed by atoms with Gasteiger partial charge in [-0.3, -0.25) is 4.79 Å². The van der Waals surface area contributed by atoms with Crippen LogP contribution in [0.3, 0.4) is 0 Å². The van der Waals surface area contributed by atoms with Crippen LogP contribution >= 0.6 is 0 Å². The number of carbonyl (C=O) groups excluding carboxylic acids is 1. The van der Waals surface area contributed by atoms with E-state index in [0.29, 0.717) is 13.0 Å². The summed E-state index contributed by atoms with van der Waals surface area (Å²) in [5, 5.41) is 11.7. The number of aryl methyl sites for hydroxylation is 1. The lowest BCUT2D eigenvalue weighted by Crippen LogP contribution is -2.30. The predicted octanol–water partition coefficient (Wildman–Crippen LogP) is 2.41. The van der Waals surface area contributed by atoms with Crippen molar-refractivity contribution in [3.63, 3.8) is 0 Å². The normalized spacial score (nSPS) is 14.0. The molecule has 0 saturated heterocycles. The number of benzene rings is 1. The van der Waals surface area contributed by atoms with E-state index in [0.717, 1.165) is 12.1 Å². The van der Waals surface area contributed by atoms with Crippen LogP contribution in [-0.4, -0.2) is 23.7 Å². The largest absolute Gasteiger partial charge is 0.393 e. The minimum Gasteiger partial charge on any atom is -0.393 e. The topological polar surface area (TPSA) is 49.3 Å². The Bertz CT molecular complexity index is 461. The van der Waals surface area contributed by atoms with Crippen molar-refractivity contribution in [1.82, 2.24) is 5.32 Å². The number of nitrogens with one attached hydrogen (secondary N) is 1. The van der Waals surface area contributed by atoms with Gasteiger partial charge in [-0.25, -0.2) is 8.78 Å². The third-order valence-corrected chi connectivity index (χ3v) is 2.85. The number of halogens is 2. The van der Waals surface area contributed by atoms with Gasteiger partial charge in [-0.1, -0.05) is 6.92 Å². The van der Waals surface area contributed by atoms with Crippen molar-refractivity contribution in [2.75, 3.05) is 6.54 Å². The third kappa shape index (κ3) is 4.59. The van der Waals surface area contributed by atoms with E-state index in [1.807, 2.05) is 6.92 Å². The molecule has 1 aromatic rings. The Morgan fingerprint density at radius 3 is 2.53 bits per heavy atom. The SMILES string of the molecule is Cc1cc(F)c(C(=O)NCC(C)CC(C)O)cc1F. The molecule has 2 unspecified atom stereocenters. The van der Waals surface area contributed by atoms with Gasteiger partial charge in [0.15, 0.2) is 0 Å². The number of hydrogen-bond donors (Lipinski definition) is 2. The van der Waals surface area contributed by atoms with Gasteiger partial charge in [0.05, 0.1) is 11.7 Å². The van der Waals surface area contributed by atoms with E-state index < -0.39 is 23.6 Å². The summed E-state index contributed by atoms with van der Waals surface area (Å²) in [5.74, 6) is -1.93. The molecular weight excluding hydrogens is 252 g/mol. The highest BCUT2D eigenvalue weighted by atomic mass is 19.1. The van der Waals surface area contributed by atoms with Crippen LogP contribution in [0.2, 0.25) is 0 Å². The molecule has 0 aliphatic carbocycles. The van der Waals surface area contributed by atoms with E-state index in [-0.39, 0.29) is 17.0 Å². The van der Waals surface area contributed by atoms with Crippen molar-refractivity contribution in [1.29, 1.82) is 0 Å². The Hall–Kier alpha value is -1.49. The molecular formula is C14H19F2NO2. The highest BCUT2D eigenvalue weighted by Gasteiger charge is 2.15. The average molecular weight is 271 g/mol. The smallest absolute Gasteiger partial charge is 0.254 e. The van der Waals surface area contributed by atoms with Gasteiger partial charge in [0.25, 0.3) is 5.91 Å². The van der Waals surface area contributed by atoms with Crippen LogP contribution in [0, 0.1) is 24.5 Å². The third-order valence-electron chi connectivity index (χ3n) is 2.85. The molecule has 0 saturated carbocycles. The zero-order chi connectivity index (χ0) is 14.6.